The minimum absolute atomic E-state index is 0.106. The quantitative estimate of drug-likeness (QED) is 0.148. The summed E-state index contributed by atoms with van der Waals surface area (Å²) in [5.74, 6) is 1.53. The zero-order chi connectivity index (χ0) is 35.4. The predicted octanol–water partition coefficient (Wildman–Crippen LogP) is 5.08. The Hall–Kier alpha value is -4.36. The monoisotopic (exact) mass is 716 g/mol. The number of nitrogens with zero attached hydrogens (tertiary/aromatic N) is 6. The van der Waals surface area contributed by atoms with Crippen molar-refractivity contribution < 1.29 is 9.59 Å². The summed E-state index contributed by atoms with van der Waals surface area (Å²) in [5, 5.41) is 13.4. The third-order valence-electron chi connectivity index (χ3n) is 9.08. The van der Waals surface area contributed by atoms with Gasteiger partial charge in [0.2, 0.25) is 11.8 Å². The minimum Gasteiger partial charge on any atom is -0.372 e. The van der Waals surface area contributed by atoms with Gasteiger partial charge in [0.15, 0.2) is 0 Å². The van der Waals surface area contributed by atoms with E-state index in [1.165, 1.54) is 0 Å². The average Bonchev–Trinajstić information content (AvgIpc) is 3.71. The highest BCUT2D eigenvalue weighted by molar-refractivity contribution is 6.39. The van der Waals surface area contributed by atoms with Gasteiger partial charge in [0.1, 0.15) is 11.6 Å². The number of nitrogens with one attached hydrogen (secondary N) is 4. The first kappa shape index (κ1) is 35.5. The van der Waals surface area contributed by atoms with Crippen molar-refractivity contribution in [3.63, 3.8) is 0 Å². The van der Waals surface area contributed by atoms with E-state index in [4.69, 9.17) is 43.1 Å². The number of carbonyl (C=O) groups is 2. The van der Waals surface area contributed by atoms with Gasteiger partial charge in [0.05, 0.1) is 45.2 Å². The van der Waals surface area contributed by atoms with E-state index in [0.29, 0.717) is 59.0 Å². The van der Waals surface area contributed by atoms with Crippen molar-refractivity contribution in [2.24, 2.45) is 0 Å². The van der Waals surface area contributed by atoms with Gasteiger partial charge in [-0.05, 0) is 26.9 Å². The lowest BCUT2D eigenvalue weighted by molar-refractivity contribution is -0.120. The number of halogens is 2. The molecule has 2 saturated heterocycles. The van der Waals surface area contributed by atoms with Gasteiger partial charge in [0.25, 0.3) is 0 Å². The molecular weight excluding hydrogens is 675 g/mol. The number of rotatable bonds is 13. The summed E-state index contributed by atoms with van der Waals surface area (Å²) in [5.41, 5.74) is 5.82. The van der Waals surface area contributed by atoms with Crippen LogP contribution in [-0.4, -0.2) is 94.9 Å². The molecule has 262 valence electrons. The lowest BCUT2D eigenvalue weighted by Gasteiger charge is -2.21. The third-order valence-corrected chi connectivity index (χ3v) is 9.90. The van der Waals surface area contributed by atoms with Crippen LogP contribution in [-0.2, 0) is 22.7 Å². The van der Waals surface area contributed by atoms with Crippen LogP contribution < -0.4 is 21.3 Å². The molecule has 0 spiro atoms. The second kappa shape index (κ2) is 15.7. The van der Waals surface area contributed by atoms with Gasteiger partial charge in [-0.25, -0.2) is 9.97 Å². The van der Waals surface area contributed by atoms with Crippen molar-refractivity contribution in [2.45, 2.75) is 50.9 Å². The van der Waals surface area contributed by atoms with Crippen molar-refractivity contribution in [2.75, 3.05) is 51.9 Å². The van der Waals surface area contributed by atoms with E-state index in [0.717, 1.165) is 59.6 Å². The maximum absolute atomic E-state index is 11.6. The number of hydrogen-bond donors (Lipinski definition) is 4. The summed E-state index contributed by atoms with van der Waals surface area (Å²) in [6.07, 6.45) is 6.31. The van der Waals surface area contributed by atoms with Gasteiger partial charge in [-0.3, -0.25) is 29.4 Å². The highest BCUT2D eigenvalue weighted by atomic mass is 35.5. The van der Waals surface area contributed by atoms with Crippen molar-refractivity contribution in [3.05, 3.63) is 70.2 Å². The molecule has 2 amide bonds. The van der Waals surface area contributed by atoms with Crippen LogP contribution in [0.2, 0.25) is 10.0 Å². The van der Waals surface area contributed by atoms with Gasteiger partial charge in [-0.15, -0.1) is 0 Å². The molecule has 14 heteroatoms. The Morgan fingerprint density at radius 3 is 1.46 bits per heavy atom. The molecule has 0 radical (unpaired) electrons. The van der Waals surface area contributed by atoms with E-state index in [1.54, 1.807) is 12.4 Å². The summed E-state index contributed by atoms with van der Waals surface area (Å²) < 4.78 is 0. The van der Waals surface area contributed by atoms with E-state index in [-0.39, 0.29) is 23.9 Å². The summed E-state index contributed by atoms with van der Waals surface area (Å²) >= 11 is 14.2. The molecule has 4 heterocycles. The summed E-state index contributed by atoms with van der Waals surface area (Å²) in [4.78, 5) is 46.8. The number of amides is 2. The first-order chi connectivity index (χ1) is 24.1. The van der Waals surface area contributed by atoms with E-state index in [2.05, 4.69) is 31.1 Å². The van der Waals surface area contributed by atoms with Crippen LogP contribution in [0.1, 0.15) is 37.1 Å². The van der Waals surface area contributed by atoms with E-state index in [9.17, 15) is 9.59 Å². The van der Waals surface area contributed by atoms with Crippen molar-refractivity contribution in [1.82, 2.24) is 40.4 Å². The fourth-order valence-corrected chi connectivity index (χ4v) is 7.27. The van der Waals surface area contributed by atoms with Crippen molar-refractivity contribution >= 4 is 46.7 Å². The van der Waals surface area contributed by atoms with Crippen LogP contribution in [0.25, 0.3) is 33.6 Å². The second-order valence-electron chi connectivity index (χ2n) is 12.9. The molecule has 2 atom stereocenters. The first-order valence-electron chi connectivity index (χ1n) is 16.7. The molecule has 6 rings (SSSR count). The normalized spacial score (nSPS) is 17.4. The fourth-order valence-electron chi connectivity index (χ4n) is 6.62. The largest absolute Gasteiger partial charge is 0.372 e. The molecule has 0 aliphatic carbocycles. The average molecular weight is 718 g/mol. The number of hydrogen-bond acceptors (Lipinski definition) is 10. The van der Waals surface area contributed by atoms with Gasteiger partial charge in [0, 0.05) is 87.5 Å². The molecule has 0 bridgehead atoms. The standard InChI is InChI=1S/C36H42Cl2N10O2/c1-39-35-29(19-47(3)17-21-11-13-31(49)43-21)41-15-27(45-35)25-9-5-7-23(33(25)37)24-8-6-10-26(34(24)38)28-16-42-30(36(40-2)46-28)20-48(4)18-22-12-14-32(50)44-22/h5-10,15-16,21-22H,11-14,17-20H2,1-4H3,(H,39,45)(H,40,46)(H,43,49)(H,44,50). The number of carbonyl (C=O) groups excluding carboxylic acids is 2. The van der Waals surface area contributed by atoms with E-state index >= 15 is 0 Å². The third kappa shape index (κ3) is 7.99. The molecule has 2 aliphatic heterocycles. The molecule has 2 unspecified atom stereocenters. The Morgan fingerprint density at radius 1 is 0.700 bits per heavy atom. The molecular formula is C36H42Cl2N10O2. The maximum atomic E-state index is 11.6. The van der Waals surface area contributed by atoms with Gasteiger partial charge in [-0.2, -0.15) is 0 Å². The zero-order valence-corrected chi connectivity index (χ0v) is 30.2. The molecule has 4 N–H and O–H groups in total. The number of anilines is 2. The lowest BCUT2D eigenvalue weighted by atomic mass is 9.98. The number of benzene rings is 2. The Bertz CT molecular complexity index is 1760. The predicted molar refractivity (Wildman–Crippen MR) is 198 cm³/mol. The molecule has 2 aromatic heterocycles. The van der Waals surface area contributed by atoms with Crippen molar-refractivity contribution in [3.8, 4) is 33.6 Å². The van der Waals surface area contributed by atoms with E-state index < -0.39 is 0 Å². The zero-order valence-electron chi connectivity index (χ0n) is 28.7. The Kier molecular flexibility index (Phi) is 11.1. The van der Waals surface area contributed by atoms with Crippen LogP contribution in [0, 0.1) is 0 Å². The highest BCUT2D eigenvalue weighted by Gasteiger charge is 2.24. The Morgan fingerprint density at radius 2 is 1.10 bits per heavy atom. The van der Waals surface area contributed by atoms with Crippen molar-refractivity contribution in [1.29, 1.82) is 0 Å². The molecule has 2 aliphatic rings. The van der Waals surface area contributed by atoms with Crippen LogP contribution in [0.3, 0.4) is 0 Å². The molecule has 0 saturated carbocycles. The number of likely N-dealkylation sites (N-methyl/N-ethyl adjacent to an activating group) is 2. The summed E-state index contributed by atoms with van der Waals surface area (Å²) in [6.45, 7) is 2.61. The van der Waals surface area contributed by atoms with E-state index in [1.807, 2.05) is 64.6 Å². The topological polar surface area (TPSA) is 140 Å². The van der Waals surface area contributed by atoms with Crippen LogP contribution in [0.4, 0.5) is 11.6 Å². The molecule has 2 aromatic carbocycles. The molecule has 4 aromatic rings. The number of aromatic nitrogens is 4. The molecule has 12 nitrogen and oxygen atoms in total. The Labute approximate surface area is 302 Å². The first-order valence-corrected chi connectivity index (χ1v) is 17.5. The smallest absolute Gasteiger partial charge is 0.220 e. The van der Waals surface area contributed by atoms with Crippen LogP contribution >= 0.6 is 23.2 Å². The maximum Gasteiger partial charge on any atom is 0.220 e. The Balaban J connectivity index is 1.22. The fraction of sp³-hybridized carbons (Fsp3) is 0.389. The molecule has 50 heavy (non-hydrogen) atoms. The second-order valence-corrected chi connectivity index (χ2v) is 13.7. The minimum atomic E-state index is 0.106. The molecule has 2 fully saturated rings. The van der Waals surface area contributed by atoms with Crippen LogP contribution in [0.5, 0.6) is 0 Å². The van der Waals surface area contributed by atoms with Crippen LogP contribution in [0.15, 0.2) is 48.8 Å². The SMILES string of the molecule is CNc1nc(-c2cccc(-c3cccc(-c4cnc(CN(C)CC5CCC(=O)N5)c(NC)n4)c3Cl)c2Cl)cnc1CN(C)CC1CCC(=O)N1. The summed E-state index contributed by atoms with van der Waals surface area (Å²) in [6, 6.07) is 11.9. The highest BCUT2D eigenvalue weighted by Crippen LogP contribution is 2.42. The lowest BCUT2D eigenvalue weighted by Crippen LogP contribution is -2.36. The summed E-state index contributed by atoms with van der Waals surface area (Å²) in [7, 11) is 7.66. The van der Waals surface area contributed by atoms with Gasteiger partial charge < -0.3 is 21.3 Å². The van der Waals surface area contributed by atoms with Gasteiger partial charge in [-0.1, -0.05) is 59.6 Å². The van der Waals surface area contributed by atoms with Gasteiger partial charge >= 0.3 is 0 Å².